The maximum absolute atomic E-state index is 10.8. The SMILES string of the molecule is CC1CC(C)(C(=O)O)C=CC1Cl. The van der Waals surface area contributed by atoms with E-state index in [2.05, 4.69) is 0 Å². The summed E-state index contributed by atoms with van der Waals surface area (Å²) in [5.74, 6) is -0.535. The molecule has 0 aromatic carbocycles. The lowest BCUT2D eigenvalue weighted by molar-refractivity contribution is -0.146. The van der Waals surface area contributed by atoms with Gasteiger partial charge in [-0.25, -0.2) is 0 Å². The van der Waals surface area contributed by atoms with Crippen molar-refractivity contribution in [1.82, 2.24) is 0 Å². The smallest absolute Gasteiger partial charge is 0.313 e. The standard InChI is InChI=1S/C9H13ClO2/c1-6-5-9(2,8(11)12)4-3-7(6)10/h3-4,6-7H,5H2,1-2H3,(H,11,12). The predicted octanol–water partition coefficient (Wildman–Crippen LogP) is 2.28. The molecule has 0 aromatic heterocycles. The lowest BCUT2D eigenvalue weighted by Gasteiger charge is -2.30. The summed E-state index contributed by atoms with van der Waals surface area (Å²) in [7, 11) is 0. The molecule has 0 heterocycles. The van der Waals surface area contributed by atoms with Gasteiger partial charge in [0.1, 0.15) is 0 Å². The first-order valence-electron chi connectivity index (χ1n) is 4.02. The van der Waals surface area contributed by atoms with Gasteiger partial charge in [-0.05, 0) is 19.3 Å². The lowest BCUT2D eigenvalue weighted by Crippen LogP contribution is -2.33. The van der Waals surface area contributed by atoms with Crippen LogP contribution in [0, 0.1) is 11.3 Å². The van der Waals surface area contributed by atoms with Crippen molar-refractivity contribution in [2.45, 2.75) is 25.6 Å². The summed E-state index contributed by atoms with van der Waals surface area (Å²) in [4.78, 5) is 10.8. The number of carboxylic acids is 1. The number of allylic oxidation sites excluding steroid dienone is 1. The van der Waals surface area contributed by atoms with E-state index in [0.717, 1.165) is 0 Å². The molecule has 3 unspecified atom stereocenters. The first kappa shape index (κ1) is 9.59. The summed E-state index contributed by atoms with van der Waals surface area (Å²) in [6.07, 6.45) is 4.10. The van der Waals surface area contributed by atoms with Gasteiger partial charge in [-0.2, -0.15) is 0 Å². The number of carbonyl (C=O) groups is 1. The Balaban J connectivity index is 2.85. The van der Waals surface area contributed by atoms with E-state index < -0.39 is 11.4 Å². The van der Waals surface area contributed by atoms with Crippen molar-refractivity contribution in [1.29, 1.82) is 0 Å². The van der Waals surface area contributed by atoms with E-state index in [-0.39, 0.29) is 11.3 Å². The van der Waals surface area contributed by atoms with Gasteiger partial charge < -0.3 is 5.11 Å². The van der Waals surface area contributed by atoms with Crippen LogP contribution >= 0.6 is 11.6 Å². The molecule has 0 saturated heterocycles. The minimum atomic E-state index is -0.769. The highest BCUT2D eigenvalue weighted by atomic mass is 35.5. The molecule has 0 aromatic rings. The van der Waals surface area contributed by atoms with E-state index in [0.29, 0.717) is 6.42 Å². The molecule has 1 rings (SSSR count). The van der Waals surface area contributed by atoms with Gasteiger partial charge in [0.05, 0.1) is 10.8 Å². The van der Waals surface area contributed by atoms with E-state index in [1.807, 2.05) is 6.92 Å². The van der Waals surface area contributed by atoms with Gasteiger partial charge in [-0.1, -0.05) is 19.1 Å². The van der Waals surface area contributed by atoms with Crippen LogP contribution < -0.4 is 0 Å². The quantitative estimate of drug-likeness (QED) is 0.507. The Hall–Kier alpha value is -0.500. The van der Waals surface area contributed by atoms with Crippen LogP contribution in [0.1, 0.15) is 20.3 Å². The van der Waals surface area contributed by atoms with Crippen LogP contribution in [0.2, 0.25) is 0 Å². The third-order valence-corrected chi connectivity index (χ3v) is 3.00. The third kappa shape index (κ3) is 1.63. The van der Waals surface area contributed by atoms with Crippen LogP contribution in [-0.4, -0.2) is 16.5 Å². The van der Waals surface area contributed by atoms with Crippen LogP contribution in [0.4, 0.5) is 0 Å². The summed E-state index contributed by atoms with van der Waals surface area (Å²) in [6, 6.07) is 0. The number of hydrogen-bond acceptors (Lipinski definition) is 1. The van der Waals surface area contributed by atoms with E-state index >= 15 is 0 Å². The van der Waals surface area contributed by atoms with Crippen LogP contribution in [0.25, 0.3) is 0 Å². The Kier molecular flexibility index (Phi) is 2.47. The third-order valence-electron chi connectivity index (χ3n) is 2.43. The molecule has 1 aliphatic rings. The molecular weight excluding hydrogens is 176 g/mol. The summed E-state index contributed by atoms with van der Waals surface area (Å²) in [5, 5.41) is 8.89. The molecule has 1 aliphatic carbocycles. The molecule has 0 spiro atoms. The first-order valence-corrected chi connectivity index (χ1v) is 4.46. The highest BCUT2D eigenvalue weighted by molar-refractivity contribution is 6.22. The maximum Gasteiger partial charge on any atom is 0.313 e. The average molecular weight is 189 g/mol. The van der Waals surface area contributed by atoms with Crippen molar-refractivity contribution < 1.29 is 9.90 Å². The molecular formula is C9H13ClO2. The van der Waals surface area contributed by atoms with E-state index in [1.165, 1.54) is 0 Å². The molecule has 2 nitrogen and oxygen atoms in total. The highest BCUT2D eigenvalue weighted by Gasteiger charge is 2.36. The first-order chi connectivity index (χ1) is 5.46. The van der Waals surface area contributed by atoms with Crippen molar-refractivity contribution in [3.05, 3.63) is 12.2 Å². The van der Waals surface area contributed by atoms with Crippen molar-refractivity contribution in [2.24, 2.45) is 11.3 Å². The van der Waals surface area contributed by atoms with E-state index in [1.54, 1.807) is 19.1 Å². The number of halogens is 1. The monoisotopic (exact) mass is 188 g/mol. The average Bonchev–Trinajstić information content (AvgIpc) is 1.97. The molecule has 0 amide bonds. The minimum Gasteiger partial charge on any atom is -0.481 e. The number of carboxylic acid groups (broad SMARTS) is 1. The highest BCUT2D eigenvalue weighted by Crippen LogP contribution is 2.36. The molecule has 3 atom stereocenters. The second-order valence-corrected chi connectivity index (χ2v) is 4.21. The molecule has 68 valence electrons. The molecule has 0 saturated carbocycles. The molecule has 0 radical (unpaired) electrons. The van der Waals surface area contributed by atoms with E-state index in [9.17, 15) is 4.79 Å². The van der Waals surface area contributed by atoms with Gasteiger partial charge in [0.15, 0.2) is 0 Å². The second kappa shape index (κ2) is 3.09. The molecule has 0 aliphatic heterocycles. The summed E-state index contributed by atoms with van der Waals surface area (Å²) >= 11 is 5.92. The van der Waals surface area contributed by atoms with Crippen LogP contribution in [0.3, 0.4) is 0 Å². The fourth-order valence-corrected chi connectivity index (χ4v) is 1.66. The van der Waals surface area contributed by atoms with Crippen LogP contribution in [0.15, 0.2) is 12.2 Å². The van der Waals surface area contributed by atoms with Gasteiger partial charge in [0, 0.05) is 0 Å². The Morgan fingerprint density at radius 2 is 2.33 bits per heavy atom. The van der Waals surface area contributed by atoms with Gasteiger partial charge in [0.25, 0.3) is 0 Å². The Bertz CT molecular complexity index is 225. The lowest BCUT2D eigenvalue weighted by atomic mass is 9.76. The fourth-order valence-electron chi connectivity index (χ4n) is 1.50. The number of hydrogen-bond donors (Lipinski definition) is 1. The molecule has 0 fully saturated rings. The van der Waals surface area contributed by atoms with Gasteiger partial charge in [0.2, 0.25) is 0 Å². The topological polar surface area (TPSA) is 37.3 Å². The molecule has 0 bridgehead atoms. The fraction of sp³-hybridized carbons (Fsp3) is 0.667. The normalized spacial score (nSPS) is 41.2. The summed E-state index contributed by atoms with van der Waals surface area (Å²) < 4.78 is 0. The van der Waals surface area contributed by atoms with Crippen molar-refractivity contribution in [3.63, 3.8) is 0 Å². The zero-order valence-corrected chi connectivity index (χ0v) is 8.01. The van der Waals surface area contributed by atoms with Crippen molar-refractivity contribution in [2.75, 3.05) is 0 Å². The summed E-state index contributed by atoms with van der Waals surface area (Å²) in [5.41, 5.74) is -0.717. The Labute approximate surface area is 77.2 Å². The number of alkyl halides is 1. The van der Waals surface area contributed by atoms with Crippen molar-refractivity contribution in [3.8, 4) is 0 Å². The van der Waals surface area contributed by atoms with Gasteiger partial charge >= 0.3 is 5.97 Å². The number of aliphatic carboxylic acids is 1. The van der Waals surface area contributed by atoms with Gasteiger partial charge in [-0.3, -0.25) is 4.79 Å². The zero-order chi connectivity index (χ0) is 9.35. The maximum atomic E-state index is 10.8. The minimum absolute atomic E-state index is 0.0163. The predicted molar refractivity (Wildman–Crippen MR) is 48.3 cm³/mol. The van der Waals surface area contributed by atoms with E-state index in [4.69, 9.17) is 16.7 Å². The summed E-state index contributed by atoms with van der Waals surface area (Å²) in [6.45, 7) is 3.70. The molecule has 12 heavy (non-hydrogen) atoms. The molecule has 3 heteroatoms. The Morgan fingerprint density at radius 3 is 2.75 bits per heavy atom. The second-order valence-electron chi connectivity index (χ2n) is 3.71. The molecule has 1 N–H and O–H groups in total. The van der Waals surface area contributed by atoms with Gasteiger partial charge in [-0.15, -0.1) is 11.6 Å². The number of rotatable bonds is 1. The van der Waals surface area contributed by atoms with Crippen LogP contribution in [-0.2, 0) is 4.79 Å². The van der Waals surface area contributed by atoms with Crippen molar-refractivity contribution >= 4 is 17.6 Å². The van der Waals surface area contributed by atoms with Crippen LogP contribution in [0.5, 0.6) is 0 Å². The zero-order valence-electron chi connectivity index (χ0n) is 7.25. The Morgan fingerprint density at radius 1 is 1.75 bits per heavy atom. The largest absolute Gasteiger partial charge is 0.481 e.